The van der Waals surface area contributed by atoms with Crippen molar-refractivity contribution in [1.82, 2.24) is 0 Å². The van der Waals surface area contributed by atoms with Gasteiger partial charge in [-0.3, -0.25) is 9.59 Å². The van der Waals surface area contributed by atoms with E-state index in [0.29, 0.717) is 65.4 Å². The Balaban J connectivity index is 1.74. The predicted octanol–water partition coefficient (Wildman–Crippen LogP) is 6.02. The van der Waals surface area contributed by atoms with Crippen LogP contribution < -0.4 is 14.9 Å². The molecule has 0 aliphatic rings. The summed E-state index contributed by atoms with van der Waals surface area (Å²) in [5, 5.41) is 20.0. The average molecular weight is 525 g/mol. The molecule has 7 nitrogen and oxygen atoms in total. The number of aromatic hydroxyl groups is 1. The van der Waals surface area contributed by atoms with Gasteiger partial charge in [-0.25, -0.2) is 4.79 Å². The number of ether oxygens (including phenoxy) is 2. The van der Waals surface area contributed by atoms with E-state index in [1.807, 2.05) is 19.9 Å². The van der Waals surface area contributed by atoms with Crippen molar-refractivity contribution in [2.24, 2.45) is 0 Å². The van der Waals surface area contributed by atoms with Crippen LogP contribution in [0.15, 0.2) is 41.2 Å². The third kappa shape index (κ3) is 6.98. The van der Waals surface area contributed by atoms with Crippen molar-refractivity contribution >= 4 is 39.3 Å². The number of Topliss-reactive ketones (excluding diaryl/α,β-unsaturated/α-hetero) is 1. The Morgan fingerprint density at radius 2 is 1.59 bits per heavy atom. The molecule has 0 radical (unpaired) electrons. The van der Waals surface area contributed by atoms with Crippen LogP contribution in [0.2, 0.25) is 0 Å². The Labute approximate surface area is 220 Å². The fourth-order valence-corrected chi connectivity index (χ4v) is 5.23. The summed E-state index contributed by atoms with van der Waals surface area (Å²) in [5.41, 5.74) is 1.71. The fourth-order valence-electron chi connectivity index (χ4n) is 4.08. The molecule has 0 aliphatic heterocycles. The Kier molecular flexibility index (Phi) is 9.85. The maximum Gasteiger partial charge on any atom is 0.328 e. The lowest BCUT2D eigenvalue weighted by atomic mass is 10.0. The van der Waals surface area contributed by atoms with E-state index in [1.54, 1.807) is 18.2 Å². The van der Waals surface area contributed by atoms with E-state index in [1.165, 1.54) is 30.4 Å². The second-order valence-corrected chi connectivity index (χ2v) is 9.73. The van der Waals surface area contributed by atoms with E-state index >= 15 is 0 Å². The van der Waals surface area contributed by atoms with Gasteiger partial charge in [0.2, 0.25) is 0 Å². The summed E-state index contributed by atoms with van der Waals surface area (Å²) < 4.78 is 12.8. The molecule has 3 rings (SSSR count). The van der Waals surface area contributed by atoms with Crippen molar-refractivity contribution in [3.8, 4) is 17.2 Å². The van der Waals surface area contributed by atoms with Gasteiger partial charge in [-0.15, -0.1) is 11.3 Å². The number of carboxylic acid groups (broad SMARTS) is 1. The molecule has 2 aromatic carbocycles. The number of carbonyl (C=O) groups excluding carboxylic acids is 1. The topological polar surface area (TPSA) is 110 Å². The highest BCUT2D eigenvalue weighted by atomic mass is 32.1. The van der Waals surface area contributed by atoms with Crippen molar-refractivity contribution in [1.29, 1.82) is 0 Å². The zero-order chi connectivity index (χ0) is 26.9. The number of fused-ring (bicyclic) bond motifs is 1. The van der Waals surface area contributed by atoms with E-state index in [-0.39, 0.29) is 17.0 Å². The minimum absolute atomic E-state index is 0.0139. The molecule has 0 saturated heterocycles. The number of ketones is 1. The second-order valence-electron chi connectivity index (χ2n) is 8.65. The molecule has 1 heterocycles. The van der Waals surface area contributed by atoms with E-state index in [4.69, 9.17) is 14.6 Å². The number of aryl methyl sites for hydroxylation is 1. The van der Waals surface area contributed by atoms with Crippen LogP contribution in [0.4, 0.5) is 0 Å². The van der Waals surface area contributed by atoms with Crippen LogP contribution in [-0.4, -0.2) is 35.2 Å². The minimum Gasteiger partial charge on any atom is -0.507 e. The van der Waals surface area contributed by atoms with Gasteiger partial charge in [0.05, 0.1) is 18.8 Å². The summed E-state index contributed by atoms with van der Waals surface area (Å²) in [5.74, 6) is -0.0178. The first-order valence-corrected chi connectivity index (χ1v) is 13.2. The fraction of sp³-hybridized carbons (Fsp3) is 0.345. The van der Waals surface area contributed by atoms with Gasteiger partial charge in [0.1, 0.15) is 17.2 Å². The van der Waals surface area contributed by atoms with Crippen LogP contribution in [0, 0.1) is 0 Å². The highest BCUT2D eigenvalue weighted by Crippen LogP contribution is 2.34. The molecule has 3 aromatic rings. The summed E-state index contributed by atoms with van der Waals surface area (Å²) in [6, 6.07) is 8.32. The molecule has 0 unspecified atom stereocenters. The van der Waals surface area contributed by atoms with E-state index in [0.717, 1.165) is 29.2 Å². The van der Waals surface area contributed by atoms with Gasteiger partial charge in [0, 0.05) is 44.7 Å². The zero-order valence-electron chi connectivity index (χ0n) is 21.3. The van der Waals surface area contributed by atoms with Crippen molar-refractivity contribution in [3.63, 3.8) is 0 Å². The van der Waals surface area contributed by atoms with Gasteiger partial charge >= 0.3 is 5.97 Å². The molecule has 8 heteroatoms. The number of rotatable bonds is 13. The first-order valence-electron chi connectivity index (χ1n) is 12.4. The van der Waals surface area contributed by atoms with Crippen LogP contribution in [0.3, 0.4) is 0 Å². The van der Waals surface area contributed by atoms with Crippen LogP contribution in [0.5, 0.6) is 17.2 Å². The monoisotopic (exact) mass is 524 g/mol. The largest absolute Gasteiger partial charge is 0.507 e. The molecule has 0 atom stereocenters. The molecule has 0 spiro atoms. The SMILES string of the molecule is CCCc1c(OCCCOc2ccc3c(=O)cc(C=CC(=O)O)sc3c2CCC)ccc(C(C)=O)c1O. The van der Waals surface area contributed by atoms with E-state index in [9.17, 15) is 19.5 Å². The molecule has 37 heavy (non-hydrogen) atoms. The molecule has 196 valence electrons. The summed E-state index contributed by atoms with van der Waals surface area (Å²) in [7, 11) is 0. The predicted molar refractivity (Wildman–Crippen MR) is 146 cm³/mol. The zero-order valence-corrected chi connectivity index (χ0v) is 22.2. The molecule has 0 bridgehead atoms. The number of aliphatic carboxylic acids is 1. The molecule has 0 aliphatic carbocycles. The summed E-state index contributed by atoms with van der Waals surface area (Å²) in [4.78, 5) is 35.9. The van der Waals surface area contributed by atoms with E-state index in [2.05, 4.69) is 0 Å². The number of phenolic OH excluding ortho intramolecular Hbond substituents is 1. The standard InChI is InChI=1S/C29H32O7S/c1-4-7-22-25(12-10-20(18(3)30)28(22)34)35-15-6-16-36-26-13-11-21-24(31)17-19(9-14-27(32)33)37-29(21)23(26)8-5-2/h9-14,17,34H,4-8,15-16H2,1-3H3,(H,32,33). The summed E-state index contributed by atoms with van der Waals surface area (Å²) in [6.07, 6.45) is 6.02. The highest BCUT2D eigenvalue weighted by molar-refractivity contribution is 7.19. The molecular weight excluding hydrogens is 492 g/mol. The van der Waals surface area contributed by atoms with E-state index < -0.39 is 5.97 Å². The van der Waals surface area contributed by atoms with Crippen LogP contribution in [-0.2, 0) is 17.6 Å². The lowest BCUT2D eigenvalue weighted by Crippen LogP contribution is -2.09. The number of hydrogen-bond acceptors (Lipinski definition) is 7. The molecule has 0 amide bonds. The third-order valence-electron chi connectivity index (χ3n) is 5.79. The van der Waals surface area contributed by atoms with Gasteiger partial charge in [0.25, 0.3) is 0 Å². The van der Waals surface area contributed by atoms with Crippen molar-refractivity contribution in [2.75, 3.05) is 13.2 Å². The first kappa shape index (κ1) is 27.9. The first-order chi connectivity index (χ1) is 17.8. The smallest absolute Gasteiger partial charge is 0.328 e. The lowest BCUT2D eigenvalue weighted by molar-refractivity contribution is -0.131. The molecule has 0 saturated carbocycles. The number of phenols is 1. The van der Waals surface area contributed by atoms with Gasteiger partial charge in [-0.2, -0.15) is 0 Å². The number of carbonyl (C=O) groups is 2. The van der Waals surface area contributed by atoms with Crippen LogP contribution in [0.25, 0.3) is 16.2 Å². The van der Waals surface area contributed by atoms with Gasteiger partial charge < -0.3 is 19.7 Å². The Morgan fingerprint density at radius 1 is 0.973 bits per heavy atom. The van der Waals surface area contributed by atoms with Crippen LogP contribution >= 0.6 is 11.3 Å². The number of benzene rings is 2. The van der Waals surface area contributed by atoms with Crippen LogP contribution in [0.1, 0.15) is 66.4 Å². The van der Waals surface area contributed by atoms with Crippen molar-refractivity contribution in [3.05, 3.63) is 68.2 Å². The Bertz CT molecular complexity index is 1370. The average Bonchev–Trinajstić information content (AvgIpc) is 2.85. The second kappa shape index (κ2) is 13.1. The summed E-state index contributed by atoms with van der Waals surface area (Å²) >= 11 is 1.37. The Hall–Kier alpha value is -3.65. The molecule has 1 aromatic heterocycles. The van der Waals surface area contributed by atoms with Crippen molar-refractivity contribution in [2.45, 2.75) is 52.9 Å². The Morgan fingerprint density at radius 3 is 2.22 bits per heavy atom. The molecule has 0 fully saturated rings. The highest BCUT2D eigenvalue weighted by Gasteiger charge is 2.16. The minimum atomic E-state index is -1.07. The molecular formula is C29H32O7S. The van der Waals surface area contributed by atoms with Crippen molar-refractivity contribution < 1.29 is 29.3 Å². The summed E-state index contributed by atoms with van der Waals surface area (Å²) in [6.45, 7) is 6.22. The van der Waals surface area contributed by atoms with Gasteiger partial charge in [-0.05, 0) is 50.1 Å². The lowest BCUT2D eigenvalue weighted by Gasteiger charge is -2.16. The van der Waals surface area contributed by atoms with Gasteiger partial charge in [0.15, 0.2) is 11.2 Å². The quantitative estimate of drug-likeness (QED) is 0.160. The maximum atomic E-state index is 12.6. The van der Waals surface area contributed by atoms with Gasteiger partial charge in [-0.1, -0.05) is 26.7 Å². The third-order valence-corrected chi connectivity index (χ3v) is 6.95. The normalized spacial score (nSPS) is 11.2. The molecule has 2 N–H and O–H groups in total. The number of carboxylic acids is 1. The number of hydrogen-bond donors (Lipinski definition) is 2. The maximum absolute atomic E-state index is 12.6.